The molecule has 0 bridgehead atoms. The van der Waals surface area contributed by atoms with E-state index in [-0.39, 0.29) is 18.1 Å². The molecule has 1 saturated carbocycles. The van der Waals surface area contributed by atoms with E-state index in [9.17, 15) is 4.79 Å². The van der Waals surface area contributed by atoms with E-state index in [4.69, 9.17) is 14.2 Å². The lowest BCUT2D eigenvalue weighted by Gasteiger charge is -2.47. The number of likely N-dealkylation sites (tertiary alicyclic amines) is 1. The molecule has 0 unspecified atom stereocenters. The molecule has 0 radical (unpaired) electrons. The first-order valence-corrected chi connectivity index (χ1v) is 13.8. The van der Waals surface area contributed by atoms with Crippen LogP contribution in [0.1, 0.15) is 44.9 Å². The molecule has 37 heavy (non-hydrogen) atoms. The maximum atomic E-state index is 12.6. The van der Waals surface area contributed by atoms with E-state index >= 15 is 0 Å². The highest BCUT2D eigenvalue weighted by atomic mass is 16.5. The number of carbonyl (C=O) groups is 1. The minimum Gasteiger partial charge on any atom is -0.490 e. The molecule has 4 heterocycles. The van der Waals surface area contributed by atoms with E-state index in [1.54, 1.807) is 19.4 Å². The predicted octanol–water partition coefficient (Wildman–Crippen LogP) is 3.89. The van der Waals surface area contributed by atoms with E-state index in [0.29, 0.717) is 18.5 Å². The Bertz CT molecular complexity index is 1060. The number of anilines is 2. The van der Waals surface area contributed by atoms with Gasteiger partial charge in [0.15, 0.2) is 0 Å². The van der Waals surface area contributed by atoms with E-state index in [0.717, 1.165) is 56.3 Å². The Labute approximate surface area is 219 Å². The third kappa shape index (κ3) is 5.27. The van der Waals surface area contributed by atoms with Crippen LogP contribution in [0.25, 0.3) is 0 Å². The van der Waals surface area contributed by atoms with Crippen LogP contribution in [-0.2, 0) is 9.53 Å². The number of aromatic nitrogens is 1. The lowest BCUT2D eigenvalue weighted by Crippen LogP contribution is -2.59. The van der Waals surface area contributed by atoms with E-state index < -0.39 is 0 Å². The second-order valence-corrected chi connectivity index (χ2v) is 10.9. The summed E-state index contributed by atoms with van der Waals surface area (Å²) in [5.41, 5.74) is 1.69. The summed E-state index contributed by atoms with van der Waals surface area (Å²) in [6, 6.07) is 13.1. The van der Waals surface area contributed by atoms with Crippen molar-refractivity contribution < 1.29 is 19.0 Å². The van der Waals surface area contributed by atoms with Crippen molar-refractivity contribution in [1.29, 1.82) is 0 Å². The third-order valence-corrected chi connectivity index (χ3v) is 8.74. The van der Waals surface area contributed by atoms with Gasteiger partial charge in [-0.25, -0.2) is 4.98 Å². The van der Waals surface area contributed by atoms with Crippen LogP contribution in [0, 0.1) is 0 Å². The van der Waals surface area contributed by atoms with Gasteiger partial charge in [0, 0.05) is 44.0 Å². The van der Waals surface area contributed by atoms with Gasteiger partial charge >= 0.3 is 0 Å². The van der Waals surface area contributed by atoms with Crippen LogP contribution in [0.2, 0.25) is 0 Å². The summed E-state index contributed by atoms with van der Waals surface area (Å²) in [5, 5.41) is 0. The third-order valence-electron chi connectivity index (χ3n) is 8.74. The summed E-state index contributed by atoms with van der Waals surface area (Å²) >= 11 is 0. The number of ether oxygens (including phenoxy) is 3. The SMILES string of the molecule is COc1ccc(N2CC3(CCN(c4ccc(OC5CCN(C6CCC6)CC5)cc4)CC3)OCC2=O)cn1. The predicted molar refractivity (Wildman–Crippen MR) is 143 cm³/mol. The summed E-state index contributed by atoms with van der Waals surface area (Å²) in [4.78, 5) is 23.8. The first-order valence-electron chi connectivity index (χ1n) is 13.8. The molecule has 1 aromatic heterocycles. The minimum absolute atomic E-state index is 0.0238. The van der Waals surface area contributed by atoms with Gasteiger partial charge in [0.2, 0.25) is 5.88 Å². The van der Waals surface area contributed by atoms with Crippen molar-refractivity contribution >= 4 is 17.3 Å². The van der Waals surface area contributed by atoms with Gasteiger partial charge in [-0.05, 0) is 68.9 Å². The lowest BCUT2D eigenvalue weighted by atomic mass is 9.88. The molecule has 4 fully saturated rings. The number of rotatable bonds is 6. The molecule has 1 aliphatic carbocycles. The van der Waals surface area contributed by atoms with Crippen LogP contribution in [0.3, 0.4) is 0 Å². The fourth-order valence-electron chi connectivity index (χ4n) is 6.12. The van der Waals surface area contributed by atoms with Crippen LogP contribution >= 0.6 is 0 Å². The average Bonchev–Trinajstić information content (AvgIpc) is 2.91. The van der Waals surface area contributed by atoms with Gasteiger partial charge in [-0.3, -0.25) is 4.79 Å². The molecule has 8 nitrogen and oxygen atoms in total. The molecular weight excluding hydrogens is 468 g/mol. The molecular formula is C29H38N4O4. The van der Waals surface area contributed by atoms with Gasteiger partial charge < -0.3 is 28.9 Å². The fourth-order valence-corrected chi connectivity index (χ4v) is 6.12. The Morgan fingerprint density at radius 1 is 0.946 bits per heavy atom. The molecule has 2 aromatic rings. The van der Waals surface area contributed by atoms with Gasteiger partial charge in [0.05, 0.1) is 31.1 Å². The Morgan fingerprint density at radius 3 is 2.30 bits per heavy atom. The van der Waals surface area contributed by atoms with Gasteiger partial charge in [0.1, 0.15) is 18.5 Å². The van der Waals surface area contributed by atoms with Crippen molar-refractivity contribution in [3.8, 4) is 11.6 Å². The van der Waals surface area contributed by atoms with E-state index in [2.05, 4.69) is 39.0 Å². The van der Waals surface area contributed by atoms with Crippen molar-refractivity contribution in [1.82, 2.24) is 9.88 Å². The topological polar surface area (TPSA) is 67.4 Å². The van der Waals surface area contributed by atoms with Gasteiger partial charge in [-0.2, -0.15) is 0 Å². The number of amides is 1. The Hall–Kier alpha value is -2.84. The fraction of sp³-hybridized carbons (Fsp3) is 0.586. The highest BCUT2D eigenvalue weighted by Crippen LogP contribution is 2.35. The number of pyridine rings is 1. The summed E-state index contributed by atoms with van der Waals surface area (Å²) < 4.78 is 17.6. The first kappa shape index (κ1) is 24.5. The Balaban J connectivity index is 1.01. The molecule has 0 N–H and O–H groups in total. The number of nitrogens with zero attached hydrogens (tertiary/aromatic N) is 4. The smallest absolute Gasteiger partial charge is 0.253 e. The highest BCUT2D eigenvalue weighted by molar-refractivity contribution is 5.95. The summed E-state index contributed by atoms with van der Waals surface area (Å²) in [7, 11) is 1.59. The second kappa shape index (κ2) is 10.5. The van der Waals surface area contributed by atoms with Crippen LogP contribution in [0.4, 0.5) is 11.4 Å². The molecule has 0 atom stereocenters. The van der Waals surface area contributed by atoms with Crippen LogP contribution < -0.4 is 19.3 Å². The molecule has 1 amide bonds. The molecule has 3 saturated heterocycles. The van der Waals surface area contributed by atoms with Crippen molar-refractivity contribution in [2.24, 2.45) is 0 Å². The van der Waals surface area contributed by atoms with Crippen molar-refractivity contribution in [3.05, 3.63) is 42.6 Å². The number of methoxy groups -OCH3 is 1. The molecule has 6 rings (SSSR count). The van der Waals surface area contributed by atoms with E-state index in [1.807, 2.05) is 11.0 Å². The quantitative estimate of drug-likeness (QED) is 0.589. The number of piperidine rings is 2. The van der Waals surface area contributed by atoms with Crippen LogP contribution in [0.15, 0.2) is 42.6 Å². The van der Waals surface area contributed by atoms with Crippen molar-refractivity contribution in [2.75, 3.05) is 56.2 Å². The molecule has 4 aliphatic rings. The van der Waals surface area contributed by atoms with Crippen LogP contribution in [-0.4, -0.2) is 80.0 Å². The minimum atomic E-state index is -0.318. The summed E-state index contributed by atoms with van der Waals surface area (Å²) in [6.07, 6.45) is 10.2. The zero-order valence-corrected chi connectivity index (χ0v) is 21.8. The Morgan fingerprint density at radius 2 is 1.68 bits per heavy atom. The molecule has 1 spiro atoms. The lowest BCUT2D eigenvalue weighted by molar-refractivity contribution is -0.141. The first-order chi connectivity index (χ1) is 18.1. The normalized spacial score (nSPS) is 23.2. The monoisotopic (exact) mass is 506 g/mol. The van der Waals surface area contributed by atoms with Gasteiger partial charge in [-0.1, -0.05) is 6.42 Å². The van der Waals surface area contributed by atoms with E-state index in [1.165, 1.54) is 38.0 Å². The largest absolute Gasteiger partial charge is 0.490 e. The zero-order chi connectivity index (χ0) is 25.2. The standard InChI is InChI=1S/C29H38N4O4/c1-35-27-10-7-24(19-30-27)33-21-29(36-20-28(33)34)13-17-32(18-14-29)23-5-8-25(9-6-23)37-26-11-15-31(16-12-26)22-3-2-4-22/h5-10,19,22,26H,2-4,11-18,20-21H2,1H3. The van der Waals surface area contributed by atoms with Crippen LogP contribution in [0.5, 0.6) is 11.6 Å². The number of carbonyl (C=O) groups excluding carboxylic acids is 1. The second-order valence-electron chi connectivity index (χ2n) is 10.9. The molecule has 198 valence electrons. The summed E-state index contributed by atoms with van der Waals surface area (Å²) in [6.45, 7) is 4.79. The zero-order valence-electron chi connectivity index (χ0n) is 21.8. The highest BCUT2D eigenvalue weighted by Gasteiger charge is 2.43. The number of hydrogen-bond donors (Lipinski definition) is 0. The Kier molecular flexibility index (Phi) is 6.95. The average molecular weight is 507 g/mol. The molecule has 8 heteroatoms. The number of hydrogen-bond acceptors (Lipinski definition) is 7. The maximum Gasteiger partial charge on any atom is 0.253 e. The van der Waals surface area contributed by atoms with Gasteiger partial charge in [-0.15, -0.1) is 0 Å². The van der Waals surface area contributed by atoms with Crippen molar-refractivity contribution in [3.63, 3.8) is 0 Å². The molecule has 3 aliphatic heterocycles. The number of morpholine rings is 1. The molecule has 1 aromatic carbocycles. The van der Waals surface area contributed by atoms with Gasteiger partial charge in [0.25, 0.3) is 5.91 Å². The number of benzene rings is 1. The maximum absolute atomic E-state index is 12.6. The summed E-state index contributed by atoms with van der Waals surface area (Å²) in [5.74, 6) is 1.49. The van der Waals surface area contributed by atoms with Crippen molar-refractivity contribution in [2.45, 2.75) is 62.7 Å².